The molecule has 1 atom stereocenters. The highest BCUT2D eigenvalue weighted by atomic mass is 35.5. The van der Waals surface area contributed by atoms with Crippen molar-refractivity contribution in [1.29, 1.82) is 0 Å². The van der Waals surface area contributed by atoms with Crippen molar-refractivity contribution >= 4 is 23.4 Å². The first-order valence-electron chi connectivity index (χ1n) is 10.1. The van der Waals surface area contributed by atoms with Crippen LogP contribution < -0.4 is 10.1 Å². The predicted octanol–water partition coefficient (Wildman–Crippen LogP) is 3.05. The van der Waals surface area contributed by atoms with Crippen LogP contribution in [0, 0.1) is 5.82 Å². The maximum Gasteiger partial charge on any atom is 0.522 e. The summed E-state index contributed by atoms with van der Waals surface area (Å²) in [7, 11) is 0. The number of halogens is 5. The summed E-state index contributed by atoms with van der Waals surface area (Å²) in [4.78, 5) is 25.9. The van der Waals surface area contributed by atoms with Crippen LogP contribution in [-0.4, -0.2) is 67.6 Å². The van der Waals surface area contributed by atoms with E-state index >= 15 is 0 Å². The van der Waals surface area contributed by atoms with E-state index < -0.39 is 24.2 Å². The van der Waals surface area contributed by atoms with Gasteiger partial charge in [-0.2, -0.15) is 0 Å². The Labute approximate surface area is 186 Å². The number of benzene rings is 1. The lowest BCUT2D eigenvalue weighted by Gasteiger charge is -2.36. The normalized spacial score (nSPS) is 23.6. The Bertz CT molecular complexity index is 820. The van der Waals surface area contributed by atoms with Gasteiger partial charge in [0.1, 0.15) is 11.6 Å². The second-order valence-electron chi connectivity index (χ2n) is 7.65. The highest BCUT2D eigenvalue weighted by Crippen LogP contribution is 2.32. The van der Waals surface area contributed by atoms with Crippen molar-refractivity contribution in [3.8, 4) is 5.75 Å². The Morgan fingerprint density at radius 1 is 1.25 bits per heavy atom. The maximum absolute atomic E-state index is 13.4. The largest absolute Gasteiger partial charge is 0.522 e. The van der Waals surface area contributed by atoms with Crippen LogP contribution in [0.4, 0.5) is 17.6 Å². The summed E-state index contributed by atoms with van der Waals surface area (Å²) in [5.41, 5.74) is 0. The smallest absolute Gasteiger partial charge is 0.484 e. The van der Waals surface area contributed by atoms with E-state index in [-0.39, 0.29) is 61.3 Å². The van der Waals surface area contributed by atoms with Crippen molar-refractivity contribution in [3.63, 3.8) is 0 Å². The zero-order chi connectivity index (χ0) is 23.3. The van der Waals surface area contributed by atoms with Gasteiger partial charge in [-0.25, -0.2) is 4.39 Å². The molecular formula is C20H23ClF4N2O5. The summed E-state index contributed by atoms with van der Waals surface area (Å²) in [6, 6.07) is 3.49. The number of hydrogen-bond donors (Lipinski definition) is 1. The number of carbonyl (C=O) groups is 2. The average Bonchev–Trinajstić information content (AvgIpc) is 2.67. The van der Waals surface area contributed by atoms with Crippen LogP contribution in [0.5, 0.6) is 5.75 Å². The predicted molar refractivity (Wildman–Crippen MR) is 105 cm³/mol. The van der Waals surface area contributed by atoms with Crippen molar-refractivity contribution in [3.05, 3.63) is 29.0 Å². The number of ether oxygens (including phenoxy) is 3. The van der Waals surface area contributed by atoms with Crippen molar-refractivity contribution < 1.29 is 41.4 Å². The zero-order valence-electron chi connectivity index (χ0n) is 17.0. The van der Waals surface area contributed by atoms with Crippen molar-refractivity contribution in [1.82, 2.24) is 10.2 Å². The number of nitrogens with zero attached hydrogens (tertiary/aromatic N) is 1. The van der Waals surface area contributed by atoms with Gasteiger partial charge in [-0.05, 0) is 18.6 Å². The third kappa shape index (κ3) is 7.49. The summed E-state index contributed by atoms with van der Waals surface area (Å²) in [5.74, 6) is -1.08. The number of hydrogen-bond acceptors (Lipinski definition) is 5. The SMILES string of the molecule is O=C(COc1ccc(Cl)c(F)c1)NC1CCN(CCO[C@H]2C[C@@H](OC(F)(F)F)C2)C(=O)C1. The Morgan fingerprint density at radius 3 is 2.66 bits per heavy atom. The molecule has 3 rings (SSSR count). The molecule has 178 valence electrons. The number of piperidine rings is 1. The van der Waals surface area contributed by atoms with Gasteiger partial charge in [-0.1, -0.05) is 11.6 Å². The Morgan fingerprint density at radius 2 is 2.00 bits per heavy atom. The second-order valence-corrected chi connectivity index (χ2v) is 8.06. The molecule has 0 spiro atoms. The topological polar surface area (TPSA) is 77.1 Å². The van der Waals surface area contributed by atoms with Crippen LogP contribution >= 0.6 is 11.6 Å². The number of carbonyl (C=O) groups excluding carboxylic acids is 2. The summed E-state index contributed by atoms with van der Waals surface area (Å²) in [6.45, 7) is 0.633. The van der Waals surface area contributed by atoms with Gasteiger partial charge in [-0.15, -0.1) is 13.2 Å². The van der Waals surface area contributed by atoms with E-state index in [0.717, 1.165) is 6.07 Å². The van der Waals surface area contributed by atoms with Gasteiger partial charge in [-0.3, -0.25) is 14.3 Å². The van der Waals surface area contributed by atoms with E-state index in [2.05, 4.69) is 10.1 Å². The van der Waals surface area contributed by atoms with Gasteiger partial charge < -0.3 is 19.7 Å². The number of nitrogens with one attached hydrogen (secondary N) is 1. The fourth-order valence-corrected chi connectivity index (χ4v) is 3.61. The first-order valence-corrected chi connectivity index (χ1v) is 10.5. The van der Waals surface area contributed by atoms with E-state index in [1.165, 1.54) is 12.1 Å². The standard InChI is InChI=1S/C20H23ClF4N2O5/c21-16-2-1-13(10-17(16)22)31-11-18(28)26-12-3-4-27(19(29)7-12)5-6-30-14-8-15(9-14)32-20(23,24)25/h1-2,10,12,14-15H,3-9,11H2,(H,26,28)/t12?,14-,15+. The Balaban J connectivity index is 1.29. The third-order valence-electron chi connectivity index (χ3n) is 5.21. The Kier molecular flexibility index (Phi) is 8.18. The number of amides is 2. The summed E-state index contributed by atoms with van der Waals surface area (Å²) in [5, 5.41) is 2.66. The lowest BCUT2D eigenvalue weighted by molar-refractivity contribution is -0.357. The molecule has 2 fully saturated rings. The highest BCUT2D eigenvalue weighted by molar-refractivity contribution is 6.30. The summed E-state index contributed by atoms with van der Waals surface area (Å²) >= 11 is 5.59. The highest BCUT2D eigenvalue weighted by Gasteiger charge is 2.40. The average molecular weight is 483 g/mol. The van der Waals surface area contributed by atoms with Gasteiger partial charge in [0.05, 0.1) is 23.8 Å². The van der Waals surface area contributed by atoms with E-state index in [1.54, 1.807) is 4.90 Å². The molecule has 1 aliphatic carbocycles. The monoisotopic (exact) mass is 482 g/mol. The minimum Gasteiger partial charge on any atom is -0.484 e. The molecule has 2 aliphatic rings. The van der Waals surface area contributed by atoms with Crippen LogP contribution in [-0.2, 0) is 19.1 Å². The molecule has 0 bridgehead atoms. The molecule has 32 heavy (non-hydrogen) atoms. The molecule has 1 aliphatic heterocycles. The van der Waals surface area contributed by atoms with E-state index in [4.69, 9.17) is 21.1 Å². The van der Waals surface area contributed by atoms with E-state index in [9.17, 15) is 27.2 Å². The summed E-state index contributed by atoms with van der Waals surface area (Å²) in [6.07, 6.45) is -4.81. The maximum atomic E-state index is 13.4. The molecule has 1 aromatic carbocycles. The molecule has 1 heterocycles. The zero-order valence-corrected chi connectivity index (χ0v) is 17.8. The molecule has 1 N–H and O–H groups in total. The first-order chi connectivity index (χ1) is 15.1. The van der Waals surface area contributed by atoms with Crippen LogP contribution in [0.15, 0.2) is 18.2 Å². The fraction of sp³-hybridized carbons (Fsp3) is 0.600. The second kappa shape index (κ2) is 10.7. The lowest BCUT2D eigenvalue weighted by Crippen LogP contribution is -2.49. The lowest BCUT2D eigenvalue weighted by atomic mass is 9.92. The molecule has 1 saturated carbocycles. The van der Waals surface area contributed by atoms with Gasteiger partial charge >= 0.3 is 6.36 Å². The van der Waals surface area contributed by atoms with E-state index in [1.807, 2.05) is 0 Å². The van der Waals surface area contributed by atoms with Crippen LogP contribution in [0.3, 0.4) is 0 Å². The van der Waals surface area contributed by atoms with Crippen LogP contribution in [0.1, 0.15) is 25.7 Å². The Hall–Kier alpha value is -2.11. The van der Waals surface area contributed by atoms with Gasteiger partial charge in [0.25, 0.3) is 5.91 Å². The molecule has 1 unspecified atom stereocenters. The minimum absolute atomic E-state index is 0.0511. The number of likely N-dealkylation sites (tertiary alicyclic amines) is 1. The van der Waals surface area contributed by atoms with Gasteiger partial charge in [0.2, 0.25) is 5.91 Å². The molecular weight excluding hydrogens is 460 g/mol. The van der Waals surface area contributed by atoms with Crippen molar-refractivity contribution in [2.45, 2.75) is 50.3 Å². The summed E-state index contributed by atoms with van der Waals surface area (Å²) < 4.78 is 64.3. The first kappa shape index (κ1) is 24.5. The molecule has 0 radical (unpaired) electrons. The molecule has 1 aromatic rings. The van der Waals surface area contributed by atoms with Crippen molar-refractivity contribution in [2.24, 2.45) is 0 Å². The number of alkyl halides is 3. The fourth-order valence-electron chi connectivity index (χ4n) is 3.49. The van der Waals surface area contributed by atoms with Crippen LogP contribution in [0.25, 0.3) is 0 Å². The van der Waals surface area contributed by atoms with Gasteiger partial charge in [0, 0.05) is 44.5 Å². The van der Waals surface area contributed by atoms with Crippen molar-refractivity contribution in [2.75, 3.05) is 26.3 Å². The quantitative estimate of drug-likeness (QED) is 0.547. The number of rotatable bonds is 9. The molecule has 1 saturated heterocycles. The molecule has 2 amide bonds. The van der Waals surface area contributed by atoms with E-state index in [0.29, 0.717) is 19.5 Å². The van der Waals surface area contributed by atoms with Crippen LogP contribution in [0.2, 0.25) is 5.02 Å². The molecule has 7 nitrogen and oxygen atoms in total. The van der Waals surface area contributed by atoms with Gasteiger partial charge in [0.15, 0.2) is 6.61 Å². The third-order valence-corrected chi connectivity index (χ3v) is 5.52. The molecule has 12 heteroatoms. The molecule has 0 aromatic heterocycles. The minimum atomic E-state index is -4.64.